The van der Waals surface area contributed by atoms with Crippen molar-refractivity contribution in [2.24, 2.45) is 0 Å². The number of rotatable bonds is 8. The molecule has 3 rings (SSSR count). The van der Waals surface area contributed by atoms with Crippen LogP contribution in [0.15, 0.2) is 54.1 Å². The fourth-order valence-corrected chi connectivity index (χ4v) is 4.33. The lowest BCUT2D eigenvalue weighted by atomic mass is 9.93. The number of quaternary nitrogens is 1. The summed E-state index contributed by atoms with van der Waals surface area (Å²) in [5.74, 6) is -1.23. The van der Waals surface area contributed by atoms with E-state index in [4.69, 9.17) is 0 Å². The Bertz CT molecular complexity index is 977. The Kier molecular flexibility index (Phi) is 7.29. The van der Waals surface area contributed by atoms with E-state index >= 15 is 0 Å². The van der Waals surface area contributed by atoms with Gasteiger partial charge in [0.05, 0.1) is 31.2 Å². The lowest BCUT2D eigenvalue weighted by Crippen LogP contribution is -3.11. The Balaban J connectivity index is 2.04. The van der Waals surface area contributed by atoms with Crippen LogP contribution in [0.3, 0.4) is 0 Å². The van der Waals surface area contributed by atoms with E-state index in [1.807, 2.05) is 62.4 Å². The molecule has 2 aromatic rings. The summed E-state index contributed by atoms with van der Waals surface area (Å²) in [7, 11) is 0. The highest BCUT2D eigenvalue weighted by Gasteiger charge is 2.45. The lowest BCUT2D eigenvalue weighted by molar-refractivity contribution is -0.896. The molecule has 1 amide bonds. The number of carbonyl (C=O) groups is 2. The summed E-state index contributed by atoms with van der Waals surface area (Å²) in [6.07, 6.45) is 0.802. The summed E-state index contributed by atoms with van der Waals surface area (Å²) in [5.41, 5.74) is 3.47. The molecule has 5 heteroatoms. The number of aliphatic hydroxyl groups is 1. The molecule has 31 heavy (non-hydrogen) atoms. The molecular weight excluding hydrogens is 388 g/mol. The van der Waals surface area contributed by atoms with Crippen molar-refractivity contribution in [2.75, 3.05) is 26.2 Å². The number of nitrogens with zero attached hydrogens (tertiary/aromatic N) is 1. The fraction of sp³-hybridized carbons (Fsp3) is 0.385. The quantitative estimate of drug-likeness (QED) is 0.391. The predicted molar refractivity (Wildman–Crippen MR) is 123 cm³/mol. The summed E-state index contributed by atoms with van der Waals surface area (Å²) in [6.45, 7) is 11.6. The molecule has 0 spiro atoms. The van der Waals surface area contributed by atoms with Crippen molar-refractivity contribution >= 4 is 17.4 Å². The summed E-state index contributed by atoms with van der Waals surface area (Å²) in [4.78, 5) is 29.2. The largest absolute Gasteiger partial charge is 0.507 e. The van der Waals surface area contributed by atoms with Gasteiger partial charge in [0.2, 0.25) is 0 Å². The second-order valence-corrected chi connectivity index (χ2v) is 8.28. The maximum atomic E-state index is 13.1. The van der Waals surface area contributed by atoms with E-state index in [0.29, 0.717) is 12.1 Å². The van der Waals surface area contributed by atoms with Crippen LogP contribution in [0, 0.1) is 13.8 Å². The zero-order valence-electron chi connectivity index (χ0n) is 18.9. The molecule has 1 saturated heterocycles. The van der Waals surface area contributed by atoms with Gasteiger partial charge in [-0.25, -0.2) is 0 Å². The molecule has 1 fully saturated rings. The summed E-state index contributed by atoms with van der Waals surface area (Å²) in [5, 5.41) is 11.2. The van der Waals surface area contributed by atoms with Crippen LogP contribution < -0.4 is 4.90 Å². The van der Waals surface area contributed by atoms with Crippen molar-refractivity contribution < 1.29 is 19.6 Å². The lowest BCUT2D eigenvalue weighted by Gasteiger charge is -2.26. The van der Waals surface area contributed by atoms with Crippen molar-refractivity contribution in [1.82, 2.24) is 4.90 Å². The molecule has 1 atom stereocenters. The molecule has 1 heterocycles. The Morgan fingerprint density at radius 1 is 1.03 bits per heavy atom. The monoisotopic (exact) mass is 421 g/mol. The number of likely N-dealkylation sites (tertiary alicyclic amines) is 1. The number of nitrogens with one attached hydrogen (secondary N) is 1. The van der Waals surface area contributed by atoms with Crippen LogP contribution in [0.25, 0.3) is 5.76 Å². The number of benzene rings is 2. The number of ketones is 1. The Morgan fingerprint density at radius 2 is 1.71 bits per heavy atom. The van der Waals surface area contributed by atoms with Crippen LogP contribution in [0.4, 0.5) is 0 Å². The Hall–Kier alpha value is -2.92. The molecule has 0 unspecified atom stereocenters. The van der Waals surface area contributed by atoms with E-state index in [1.165, 1.54) is 4.90 Å². The minimum absolute atomic E-state index is 0.0923. The highest BCUT2D eigenvalue weighted by molar-refractivity contribution is 6.46. The number of carbonyl (C=O) groups excluding carboxylic acids is 2. The van der Waals surface area contributed by atoms with E-state index in [1.54, 1.807) is 4.90 Å². The molecule has 5 nitrogen and oxygen atoms in total. The molecule has 164 valence electrons. The normalized spacial score (nSPS) is 18.2. The van der Waals surface area contributed by atoms with Crippen LogP contribution >= 0.6 is 0 Å². The zero-order valence-corrected chi connectivity index (χ0v) is 18.9. The average molecular weight is 422 g/mol. The molecule has 0 aliphatic carbocycles. The Labute approximate surface area is 185 Å². The van der Waals surface area contributed by atoms with Crippen LogP contribution in [0.1, 0.15) is 48.6 Å². The SMILES string of the molecule is CC[NH+](CC)CCCN1C(=O)C(=O)C(=C(O)c2cc(C)ccc2C)[C@H]1c1ccccc1. The molecule has 2 aromatic carbocycles. The summed E-state index contributed by atoms with van der Waals surface area (Å²) < 4.78 is 0. The molecule has 0 bridgehead atoms. The van der Waals surface area contributed by atoms with Crippen molar-refractivity contribution in [2.45, 2.75) is 40.2 Å². The number of aryl methyl sites for hydroxylation is 2. The second kappa shape index (κ2) is 9.92. The first-order valence-corrected chi connectivity index (χ1v) is 11.1. The zero-order chi connectivity index (χ0) is 22.5. The van der Waals surface area contributed by atoms with Crippen molar-refractivity contribution in [3.05, 3.63) is 76.4 Å². The number of aliphatic hydroxyl groups excluding tert-OH is 1. The molecular formula is C26H33N2O3+. The molecule has 0 saturated carbocycles. The summed E-state index contributed by atoms with van der Waals surface area (Å²) >= 11 is 0. The third-order valence-electron chi connectivity index (χ3n) is 6.23. The number of hydrogen-bond acceptors (Lipinski definition) is 3. The smallest absolute Gasteiger partial charge is 0.295 e. The number of amides is 1. The van der Waals surface area contributed by atoms with Gasteiger partial charge in [-0.2, -0.15) is 0 Å². The van der Waals surface area contributed by atoms with E-state index in [2.05, 4.69) is 13.8 Å². The highest BCUT2D eigenvalue weighted by Crippen LogP contribution is 2.39. The van der Waals surface area contributed by atoms with Gasteiger partial charge in [0.15, 0.2) is 0 Å². The minimum atomic E-state index is -0.609. The molecule has 1 aliphatic heterocycles. The van der Waals surface area contributed by atoms with Gasteiger partial charge < -0.3 is 14.9 Å². The van der Waals surface area contributed by atoms with Gasteiger partial charge >= 0.3 is 0 Å². The first kappa shape index (κ1) is 22.8. The van der Waals surface area contributed by atoms with E-state index < -0.39 is 17.7 Å². The third kappa shape index (κ3) is 4.72. The highest BCUT2D eigenvalue weighted by atomic mass is 16.3. The van der Waals surface area contributed by atoms with Gasteiger partial charge in [0.1, 0.15) is 5.76 Å². The van der Waals surface area contributed by atoms with Gasteiger partial charge in [-0.3, -0.25) is 9.59 Å². The number of Topliss-reactive ketones (excluding diaryl/α,β-unsaturated/α-hetero) is 1. The maximum Gasteiger partial charge on any atom is 0.295 e. The predicted octanol–water partition coefficient (Wildman–Crippen LogP) is 3.04. The molecule has 1 aliphatic rings. The van der Waals surface area contributed by atoms with Gasteiger partial charge in [0.25, 0.3) is 11.7 Å². The fourth-order valence-electron chi connectivity index (χ4n) is 4.33. The number of hydrogen-bond donors (Lipinski definition) is 2. The van der Waals surface area contributed by atoms with Crippen molar-refractivity contribution in [3.8, 4) is 0 Å². The first-order valence-electron chi connectivity index (χ1n) is 11.1. The molecule has 0 aromatic heterocycles. The van der Waals surface area contributed by atoms with Crippen molar-refractivity contribution in [3.63, 3.8) is 0 Å². The topological polar surface area (TPSA) is 62.0 Å². The molecule has 0 radical (unpaired) electrons. The van der Waals surface area contributed by atoms with Crippen LogP contribution in [-0.2, 0) is 9.59 Å². The van der Waals surface area contributed by atoms with Crippen LogP contribution in [-0.4, -0.2) is 47.9 Å². The minimum Gasteiger partial charge on any atom is -0.507 e. The van der Waals surface area contributed by atoms with E-state index in [0.717, 1.165) is 42.7 Å². The van der Waals surface area contributed by atoms with E-state index in [9.17, 15) is 14.7 Å². The standard InChI is InChI=1S/C26H32N2O3/c1-5-27(6-2)15-10-16-28-23(20-11-8-7-9-12-20)22(25(30)26(28)31)24(29)21-17-18(3)13-14-19(21)4/h7-9,11-14,17,23,29H,5-6,10,15-16H2,1-4H3/p+1/t23-/m1/s1. The van der Waals surface area contributed by atoms with Gasteiger partial charge in [-0.1, -0.05) is 48.0 Å². The van der Waals surface area contributed by atoms with Gasteiger partial charge in [0, 0.05) is 18.5 Å². The average Bonchev–Trinajstić information content (AvgIpc) is 3.03. The van der Waals surface area contributed by atoms with Crippen LogP contribution in [0.5, 0.6) is 0 Å². The third-order valence-corrected chi connectivity index (χ3v) is 6.23. The van der Waals surface area contributed by atoms with Gasteiger partial charge in [-0.15, -0.1) is 0 Å². The second-order valence-electron chi connectivity index (χ2n) is 8.28. The van der Waals surface area contributed by atoms with Crippen molar-refractivity contribution in [1.29, 1.82) is 0 Å². The summed E-state index contributed by atoms with van der Waals surface area (Å²) in [6, 6.07) is 14.7. The first-order chi connectivity index (χ1) is 14.9. The Morgan fingerprint density at radius 3 is 2.35 bits per heavy atom. The van der Waals surface area contributed by atoms with Gasteiger partial charge in [-0.05, 0) is 44.9 Å². The van der Waals surface area contributed by atoms with E-state index in [-0.39, 0.29) is 11.3 Å². The molecule has 2 N–H and O–H groups in total. The van der Waals surface area contributed by atoms with Crippen LogP contribution in [0.2, 0.25) is 0 Å². The maximum absolute atomic E-state index is 13.1.